The molecule has 23 heavy (non-hydrogen) atoms. The Morgan fingerprint density at radius 1 is 0.957 bits per heavy atom. The highest BCUT2D eigenvalue weighted by atomic mass is 19.4. The van der Waals surface area contributed by atoms with Crippen molar-refractivity contribution in [3.63, 3.8) is 0 Å². The van der Waals surface area contributed by atoms with Gasteiger partial charge in [0, 0.05) is 11.3 Å². The predicted molar refractivity (Wildman–Crippen MR) is 77.9 cm³/mol. The Labute approximate surface area is 129 Å². The van der Waals surface area contributed by atoms with Gasteiger partial charge in [0.15, 0.2) is 5.82 Å². The molecular weight excluding hydrogens is 309 g/mol. The molecule has 0 aliphatic carbocycles. The molecule has 0 saturated heterocycles. The number of nitrogens with zero attached hydrogens (tertiary/aromatic N) is 3. The first-order valence-electron chi connectivity index (χ1n) is 6.54. The summed E-state index contributed by atoms with van der Waals surface area (Å²) >= 11 is 0. The highest BCUT2D eigenvalue weighted by Crippen LogP contribution is 2.25. The lowest BCUT2D eigenvalue weighted by atomic mass is 10.2. The largest absolute Gasteiger partial charge is 0.573 e. The van der Waals surface area contributed by atoms with Crippen LogP contribution in [0.4, 0.5) is 18.9 Å². The van der Waals surface area contributed by atoms with E-state index in [0.29, 0.717) is 17.1 Å². The zero-order valence-corrected chi connectivity index (χ0v) is 11.7. The average molecular weight is 320 g/mol. The molecule has 0 radical (unpaired) electrons. The zero-order chi connectivity index (χ0) is 16.4. The minimum atomic E-state index is -4.71. The number of aromatic nitrogens is 3. The number of anilines is 1. The second-order valence-corrected chi connectivity index (χ2v) is 4.68. The minimum absolute atomic E-state index is 0.292. The summed E-state index contributed by atoms with van der Waals surface area (Å²) in [7, 11) is 0. The molecule has 0 bridgehead atoms. The van der Waals surface area contributed by atoms with E-state index >= 15 is 0 Å². The van der Waals surface area contributed by atoms with Gasteiger partial charge in [-0.1, -0.05) is 0 Å². The lowest BCUT2D eigenvalue weighted by Gasteiger charge is -2.08. The summed E-state index contributed by atoms with van der Waals surface area (Å²) in [5.74, 6) is 0.0969. The van der Waals surface area contributed by atoms with E-state index in [4.69, 9.17) is 5.73 Å². The van der Waals surface area contributed by atoms with Crippen LogP contribution in [0.5, 0.6) is 5.75 Å². The van der Waals surface area contributed by atoms with E-state index in [1.54, 1.807) is 28.9 Å². The van der Waals surface area contributed by atoms with Gasteiger partial charge in [0.2, 0.25) is 0 Å². The molecule has 0 unspecified atom stereocenters. The molecule has 118 valence electrons. The Morgan fingerprint density at radius 3 is 2.22 bits per heavy atom. The summed E-state index contributed by atoms with van der Waals surface area (Å²) in [6, 6.07) is 12.4. The number of nitrogens with two attached hydrogens (primary N) is 1. The summed E-state index contributed by atoms with van der Waals surface area (Å²) in [5, 5.41) is 4.29. The van der Waals surface area contributed by atoms with E-state index in [1.807, 2.05) is 0 Å². The fourth-order valence-electron chi connectivity index (χ4n) is 1.95. The molecule has 0 atom stereocenters. The molecule has 3 aromatic rings. The van der Waals surface area contributed by atoms with E-state index in [0.717, 1.165) is 5.69 Å². The van der Waals surface area contributed by atoms with Crippen LogP contribution in [0.3, 0.4) is 0 Å². The van der Waals surface area contributed by atoms with Crippen LogP contribution < -0.4 is 10.5 Å². The summed E-state index contributed by atoms with van der Waals surface area (Å²) < 4.78 is 41.7. The third-order valence-corrected chi connectivity index (χ3v) is 3.00. The third-order valence-electron chi connectivity index (χ3n) is 3.00. The average Bonchev–Trinajstić information content (AvgIpc) is 2.97. The van der Waals surface area contributed by atoms with E-state index < -0.39 is 6.36 Å². The van der Waals surface area contributed by atoms with Gasteiger partial charge in [-0.05, 0) is 48.5 Å². The second-order valence-electron chi connectivity index (χ2n) is 4.68. The van der Waals surface area contributed by atoms with Gasteiger partial charge < -0.3 is 10.5 Å². The molecule has 2 N–H and O–H groups in total. The number of hydrogen-bond donors (Lipinski definition) is 1. The number of benzene rings is 2. The van der Waals surface area contributed by atoms with Crippen molar-refractivity contribution in [2.45, 2.75) is 6.36 Å². The van der Waals surface area contributed by atoms with Crippen molar-refractivity contribution in [3.8, 4) is 22.8 Å². The normalized spacial score (nSPS) is 11.4. The Bertz CT molecular complexity index is 795. The van der Waals surface area contributed by atoms with Gasteiger partial charge in [-0.3, -0.25) is 0 Å². The molecule has 1 heterocycles. The monoisotopic (exact) mass is 320 g/mol. The number of nitrogen functional groups attached to an aromatic ring is 1. The van der Waals surface area contributed by atoms with Gasteiger partial charge in [0.25, 0.3) is 0 Å². The van der Waals surface area contributed by atoms with Crippen LogP contribution in [0.25, 0.3) is 17.1 Å². The fraction of sp³-hybridized carbons (Fsp3) is 0.0667. The smallest absolute Gasteiger partial charge is 0.406 e. The molecule has 0 fully saturated rings. The molecule has 1 aromatic heterocycles. The summed E-state index contributed by atoms with van der Waals surface area (Å²) in [5.41, 5.74) is 7.61. The van der Waals surface area contributed by atoms with Crippen molar-refractivity contribution in [2.75, 3.05) is 5.73 Å². The van der Waals surface area contributed by atoms with Gasteiger partial charge in [0.1, 0.15) is 12.1 Å². The number of hydrogen-bond acceptors (Lipinski definition) is 4. The number of ether oxygens (including phenoxy) is 1. The summed E-state index contributed by atoms with van der Waals surface area (Å²) in [4.78, 5) is 4.15. The quantitative estimate of drug-likeness (QED) is 0.751. The van der Waals surface area contributed by atoms with Gasteiger partial charge in [-0.2, -0.15) is 0 Å². The zero-order valence-electron chi connectivity index (χ0n) is 11.7. The third kappa shape index (κ3) is 3.60. The molecule has 0 saturated carbocycles. The lowest BCUT2D eigenvalue weighted by molar-refractivity contribution is -0.274. The van der Waals surface area contributed by atoms with Crippen molar-refractivity contribution in [2.24, 2.45) is 0 Å². The summed E-state index contributed by atoms with van der Waals surface area (Å²) in [6.07, 6.45) is -3.20. The van der Waals surface area contributed by atoms with Crippen molar-refractivity contribution < 1.29 is 17.9 Å². The first kappa shape index (κ1) is 14.9. The first-order valence-corrected chi connectivity index (χ1v) is 6.54. The van der Waals surface area contributed by atoms with E-state index in [9.17, 15) is 13.2 Å². The number of halogens is 3. The molecular formula is C15H11F3N4O. The first-order chi connectivity index (χ1) is 10.9. The van der Waals surface area contributed by atoms with Gasteiger partial charge >= 0.3 is 6.36 Å². The highest BCUT2D eigenvalue weighted by Gasteiger charge is 2.31. The molecule has 3 rings (SSSR count). The SMILES string of the molecule is Nc1ccc(-n2cnc(-c3ccc(OC(F)(F)F)cc3)n2)cc1. The predicted octanol–water partition coefficient (Wildman–Crippen LogP) is 3.42. The van der Waals surface area contributed by atoms with Gasteiger partial charge in [0.05, 0.1) is 5.69 Å². The van der Waals surface area contributed by atoms with Crippen LogP contribution in [-0.2, 0) is 0 Å². The summed E-state index contributed by atoms with van der Waals surface area (Å²) in [6.45, 7) is 0. The Balaban J connectivity index is 1.81. The van der Waals surface area contributed by atoms with Crippen LogP contribution in [-0.4, -0.2) is 21.1 Å². The molecule has 0 aliphatic rings. The standard InChI is InChI=1S/C15H11F3N4O/c16-15(17,18)23-13-7-1-10(2-8-13)14-20-9-22(21-14)12-5-3-11(19)4-6-12/h1-9H,19H2. The van der Waals surface area contributed by atoms with Crippen LogP contribution in [0, 0.1) is 0 Å². The molecule has 0 spiro atoms. The molecule has 0 aliphatic heterocycles. The van der Waals surface area contributed by atoms with Crippen molar-refractivity contribution in [1.29, 1.82) is 0 Å². The highest BCUT2D eigenvalue weighted by molar-refractivity contribution is 5.56. The minimum Gasteiger partial charge on any atom is -0.406 e. The maximum Gasteiger partial charge on any atom is 0.573 e. The van der Waals surface area contributed by atoms with E-state index in [2.05, 4.69) is 14.8 Å². The Morgan fingerprint density at radius 2 is 1.61 bits per heavy atom. The lowest BCUT2D eigenvalue weighted by Crippen LogP contribution is -2.16. The Hall–Kier alpha value is -3.03. The van der Waals surface area contributed by atoms with Crippen LogP contribution >= 0.6 is 0 Å². The van der Waals surface area contributed by atoms with Gasteiger partial charge in [-0.15, -0.1) is 18.3 Å². The number of rotatable bonds is 3. The maximum absolute atomic E-state index is 12.1. The molecule has 8 heteroatoms. The second kappa shape index (κ2) is 5.64. The molecule has 2 aromatic carbocycles. The number of alkyl halides is 3. The topological polar surface area (TPSA) is 66.0 Å². The van der Waals surface area contributed by atoms with E-state index in [-0.39, 0.29) is 5.75 Å². The van der Waals surface area contributed by atoms with Crippen molar-refractivity contribution >= 4 is 5.69 Å². The van der Waals surface area contributed by atoms with Gasteiger partial charge in [-0.25, -0.2) is 9.67 Å². The molecule has 5 nitrogen and oxygen atoms in total. The fourth-order valence-corrected chi connectivity index (χ4v) is 1.95. The maximum atomic E-state index is 12.1. The van der Waals surface area contributed by atoms with Crippen LogP contribution in [0.2, 0.25) is 0 Å². The Kier molecular flexibility index (Phi) is 3.65. The molecule has 0 amide bonds. The van der Waals surface area contributed by atoms with Crippen LogP contribution in [0.15, 0.2) is 54.9 Å². The van der Waals surface area contributed by atoms with Crippen LogP contribution in [0.1, 0.15) is 0 Å². The van der Waals surface area contributed by atoms with E-state index in [1.165, 1.54) is 30.6 Å². The van der Waals surface area contributed by atoms with Crippen molar-refractivity contribution in [1.82, 2.24) is 14.8 Å². The van der Waals surface area contributed by atoms with Crippen molar-refractivity contribution in [3.05, 3.63) is 54.9 Å².